The summed E-state index contributed by atoms with van der Waals surface area (Å²) in [6.07, 6.45) is 0.414. The Bertz CT molecular complexity index is 457. The van der Waals surface area contributed by atoms with Gasteiger partial charge in [0.25, 0.3) is 5.69 Å². The van der Waals surface area contributed by atoms with Gasteiger partial charge in [0, 0.05) is 34.4 Å². The number of nitro benzene ring substituents is 1. The third-order valence-electron chi connectivity index (χ3n) is 2.31. The lowest BCUT2D eigenvalue weighted by Crippen LogP contribution is -2.09. The van der Waals surface area contributed by atoms with Crippen molar-refractivity contribution >= 4 is 22.5 Å². The predicted molar refractivity (Wildman–Crippen MR) is 66.9 cm³/mol. The summed E-state index contributed by atoms with van der Waals surface area (Å²) in [7, 11) is -1.17. The van der Waals surface area contributed by atoms with E-state index in [1.54, 1.807) is 12.1 Å². The zero-order chi connectivity index (χ0) is 13.5. The van der Waals surface area contributed by atoms with Crippen molar-refractivity contribution in [1.29, 1.82) is 0 Å². The molecule has 1 atom stereocenters. The fourth-order valence-corrected chi connectivity index (χ4v) is 2.39. The van der Waals surface area contributed by atoms with Gasteiger partial charge < -0.3 is 5.11 Å². The van der Waals surface area contributed by atoms with E-state index < -0.39 is 21.7 Å². The van der Waals surface area contributed by atoms with E-state index in [-0.39, 0.29) is 17.9 Å². The first-order valence-electron chi connectivity index (χ1n) is 5.29. The number of carbonyl (C=O) groups is 1. The number of nitro groups is 1. The number of nitrogens with zero attached hydrogens (tertiary/aromatic N) is 1. The normalized spacial score (nSPS) is 12.0. The average Bonchev–Trinajstić information content (AvgIpc) is 2.34. The number of rotatable bonds is 7. The molecule has 1 aromatic carbocycles. The maximum atomic E-state index is 11.4. The van der Waals surface area contributed by atoms with Crippen LogP contribution >= 0.6 is 0 Å². The second-order valence-electron chi connectivity index (χ2n) is 3.67. The van der Waals surface area contributed by atoms with Crippen LogP contribution in [0.25, 0.3) is 0 Å². The molecule has 1 N–H and O–H groups in total. The van der Waals surface area contributed by atoms with Crippen LogP contribution in [0.15, 0.2) is 24.3 Å². The summed E-state index contributed by atoms with van der Waals surface area (Å²) in [6.45, 7) is 0. The van der Waals surface area contributed by atoms with Crippen molar-refractivity contribution in [2.45, 2.75) is 12.8 Å². The van der Waals surface area contributed by atoms with E-state index in [2.05, 4.69) is 0 Å². The Morgan fingerprint density at radius 2 is 1.89 bits per heavy atom. The zero-order valence-corrected chi connectivity index (χ0v) is 10.4. The Labute approximate surface area is 106 Å². The molecule has 1 rings (SSSR count). The Morgan fingerprint density at radius 3 is 2.39 bits per heavy atom. The molecule has 0 bridgehead atoms. The van der Waals surface area contributed by atoms with E-state index in [1.807, 2.05) is 0 Å². The molecule has 0 saturated carbocycles. The van der Waals surface area contributed by atoms with Crippen LogP contribution in [-0.4, -0.2) is 31.7 Å². The summed E-state index contributed by atoms with van der Waals surface area (Å²) < 4.78 is 11.4. The molecule has 18 heavy (non-hydrogen) atoms. The lowest BCUT2D eigenvalue weighted by atomic mass is 10.1. The van der Waals surface area contributed by atoms with Gasteiger partial charge in [0.1, 0.15) is 0 Å². The summed E-state index contributed by atoms with van der Waals surface area (Å²) >= 11 is 0. The van der Waals surface area contributed by atoms with Gasteiger partial charge in [-0.2, -0.15) is 0 Å². The van der Waals surface area contributed by atoms with Crippen LogP contribution in [0, 0.1) is 10.1 Å². The van der Waals surface area contributed by atoms with Gasteiger partial charge in [-0.15, -0.1) is 0 Å². The van der Waals surface area contributed by atoms with Gasteiger partial charge in [0.05, 0.1) is 11.3 Å². The highest BCUT2D eigenvalue weighted by molar-refractivity contribution is 7.84. The smallest absolute Gasteiger partial charge is 0.304 e. The van der Waals surface area contributed by atoms with Crippen LogP contribution in [0.1, 0.15) is 12.0 Å². The van der Waals surface area contributed by atoms with Gasteiger partial charge in [0.2, 0.25) is 0 Å². The zero-order valence-electron chi connectivity index (χ0n) is 9.57. The molecule has 7 heteroatoms. The highest BCUT2D eigenvalue weighted by Gasteiger charge is 2.06. The highest BCUT2D eigenvalue weighted by Crippen LogP contribution is 2.12. The average molecular weight is 271 g/mol. The molecular weight excluding hydrogens is 258 g/mol. The van der Waals surface area contributed by atoms with Crippen LogP contribution in [0.2, 0.25) is 0 Å². The van der Waals surface area contributed by atoms with E-state index >= 15 is 0 Å². The number of carboxylic acid groups (broad SMARTS) is 1. The van der Waals surface area contributed by atoms with Crippen LogP contribution in [0.4, 0.5) is 5.69 Å². The standard InChI is InChI=1S/C11H13NO5S/c13-11(14)6-8-18(17)7-5-9-1-3-10(4-2-9)12(15)16/h1-4H,5-8H2,(H,13,14). The molecule has 0 radical (unpaired) electrons. The van der Waals surface area contributed by atoms with E-state index in [1.165, 1.54) is 12.1 Å². The van der Waals surface area contributed by atoms with Gasteiger partial charge in [-0.25, -0.2) is 0 Å². The van der Waals surface area contributed by atoms with Crippen molar-refractivity contribution in [3.63, 3.8) is 0 Å². The Morgan fingerprint density at radius 1 is 1.28 bits per heavy atom. The second-order valence-corrected chi connectivity index (χ2v) is 5.36. The van der Waals surface area contributed by atoms with Crippen molar-refractivity contribution in [2.24, 2.45) is 0 Å². The molecule has 0 saturated heterocycles. The summed E-state index contributed by atoms with van der Waals surface area (Å²) in [5, 5.41) is 18.9. The monoisotopic (exact) mass is 271 g/mol. The van der Waals surface area contributed by atoms with Crippen molar-refractivity contribution < 1.29 is 19.0 Å². The first-order valence-corrected chi connectivity index (χ1v) is 6.78. The van der Waals surface area contributed by atoms with Gasteiger partial charge in [-0.05, 0) is 12.0 Å². The number of hydrogen-bond donors (Lipinski definition) is 1. The number of aliphatic carboxylic acids is 1. The molecule has 98 valence electrons. The fraction of sp³-hybridized carbons (Fsp3) is 0.364. The molecule has 0 aliphatic heterocycles. The van der Waals surface area contributed by atoms with E-state index in [0.29, 0.717) is 12.2 Å². The maximum absolute atomic E-state index is 11.4. The molecule has 0 aliphatic rings. The first kappa shape index (κ1) is 14.3. The van der Waals surface area contributed by atoms with Crippen LogP contribution < -0.4 is 0 Å². The fourth-order valence-electron chi connectivity index (χ4n) is 1.32. The van der Waals surface area contributed by atoms with Gasteiger partial charge in [-0.3, -0.25) is 19.1 Å². The minimum Gasteiger partial charge on any atom is -0.481 e. The van der Waals surface area contributed by atoms with E-state index in [9.17, 15) is 19.1 Å². The third-order valence-corrected chi connectivity index (χ3v) is 3.63. The molecule has 6 nitrogen and oxygen atoms in total. The van der Waals surface area contributed by atoms with Crippen molar-refractivity contribution in [1.82, 2.24) is 0 Å². The van der Waals surface area contributed by atoms with Gasteiger partial charge >= 0.3 is 5.97 Å². The lowest BCUT2D eigenvalue weighted by molar-refractivity contribution is -0.384. The molecule has 0 aliphatic carbocycles. The summed E-state index contributed by atoms with van der Waals surface area (Å²) in [4.78, 5) is 20.2. The topological polar surface area (TPSA) is 97.5 Å². The Kier molecular flexibility index (Phi) is 5.44. The predicted octanol–water partition coefficient (Wildman–Crippen LogP) is 1.36. The minimum absolute atomic E-state index is 0.0192. The van der Waals surface area contributed by atoms with Crippen LogP contribution in [-0.2, 0) is 22.0 Å². The Hall–Kier alpha value is -1.76. The van der Waals surface area contributed by atoms with E-state index in [4.69, 9.17) is 5.11 Å². The molecule has 0 amide bonds. The maximum Gasteiger partial charge on any atom is 0.304 e. The van der Waals surface area contributed by atoms with Gasteiger partial charge in [0.15, 0.2) is 0 Å². The number of benzene rings is 1. The summed E-state index contributed by atoms with van der Waals surface area (Å²) in [5.41, 5.74) is 0.870. The largest absolute Gasteiger partial charge is 0.481 e. The number of hydrogen-bond acceptors (Lipinski definition) is 4. The quantitative estimate of drug-likeness (QED) is 0.596. The molecule has 0 heterocycles. The second kappa shape index (κ2) is 6.85. The SMILES string of the molecule is O=C(O)CCS(=O)CCc1ccc([N+](=O)[O-])cc1. The minimum atomic E-state index is -1.17. The lowest BCUT2D eigenvalue weighted by Gasteiger charge is -2.01. The number of aryl methyl sites for hydroxylation is 1. The highest BCUT2D eigenvalue weighted by atomic mass is 32.2. The summed E-state index contributed by atoms with van der Waals surface area (Å²) in [5.74, 6) is -0.452. The van der Waals surface area contributed by atoms with Crippen LogP contribution in [0.3, 0.4) is 0 Å². The van der Waals surface area contributed by atoms with E-state index in [0.717, 1.165) is 5.56 Å². The molecule has 0 aromatic heterocycles. The molecule has 1 unspecified atom stereocenters. The van der Waals surface area contributed by atoms with Crippen molar-refractivity contribution in [2.75, 3.05) is 11.5 Å². The molecular formula is C11H13NO5S. The number of non-ortho nitro benzene ring substituents is 1. The molecule has 0 fully saturated rings. The molecule has 0 spiro atoms. The number of carboxylic acids is 1. The van der Waals surface area contributed by atoms with Crippen molar-refractivity contribution in [3.8, 4) is 0 Å². The van der Waals surface area contributed by atoms with Crippen molar-refractivity contribution in [3.05, 3.63) is 39.9 Å². The summed E-state index contributed by atoms with van der Waals surface area (Å²) in [6, 6.07) is 6.03. The van der Waals surface area contributed by atoms with Crippen LogP contribution in [0.5, 0.6) is 0 Å². The third kappa shape index (κ3) is 5.05. The first-order chi connectivity index (χ1) is 8.49. The molecule has 1 aromatic rings. The Balaban J connectivity index is 2.41. The van der Waals surface area contributed by atoms with Gasteiger partial charge in [-0.1, -0.05) is 12.1 Å².